The molecule has 1 heterocycles. The predicted molar refractivity (Wildman–Crippen MR) is 38.5 cm³/mol. The van der Waals surface area contributed by atoms with Crippen LogP contribution in [0.2, 0.25) is 0 Å². The Hall–Kier alpha value is -0.630. The molecule has 1 aromatic heterocycles. The zero-order chi connectivity index (χ0) is 7.56. The van der Waals surface area contributed by atoms with Gasteiger partial charge in [-0.05, 0) is 19.1 Å². The van der Waals surface area contributed by atoms with Crippen molar-refractivity contribution in [2.24, 2.45) is 0 Å². The second-order valence-corrected chi connectivity index (χ2v) is 2.64. The number of alkyl halides is 1. The van der Waals surface area contributed by atoms with E-state index in [1.807, 2.05) is 0 Å². The zero-order valence-corrected chi connectivity index (χ0v) is 6.27. The summed E-state index contributed by atoms with van der Waals surface area (Å²) in [6.45, 7) is 1.69. The minimum Gasteiger partial charge on any atom is -0.257 e. The fourth-order valence-electron chi connectivity index (χ4n) is 0.691. The number of nitrogens with zero attached hydrogens (tertiary/aromatic N) is 1. The van der Waals surface area contributed by atoms with Crippen molar-refractivity contribution in [3.8, 4) is 0 Å². The Bertz CT molecular complexity index is 225. The molecule has 3 heteroatoms. The normalized spacial score (nSPS) is 13.1. The highest BCUT2D eigenvalue weighted by atomic mass is 35.5. The Kier molecular flexibility index (Phi) is 2.22. The Balaban J connectivity index is 3.03. The van der Waals surface area contributed by atoms with E-state index in [0.717, 1.165) is 0 Å². The van der Waals surface area contributed by atoms with Crippen LogP contribution in [0.25, 0.3) is 0 Å². The van der Waals surface area contributed by atoms with Crippen molar-refractivity contribution in [1.82, 2.24) is 4.98 Å². The quantitative estimate of drug-likeness (QED) is 0.574. The van der Waals surface area contributed by atoms with E-state index < -0.39 is 0 Å². The van der Waals surface area contributed by atoms with Crippen LogP contribution in [0.4, 0.5) is 4.39 Å². The first kappa shape index (κ1) is 7.48. The Morgan fingerprint density at radius 2 is 2.40 bits per heavy atom. The topological polar surface area (TPSA) is 12.9 Å². The highest BCUT2D eigenvalue weighted by Gasteiger charge is 2.06. The lowest BCUT2D eigenvalue weighted by Gasteiger charge is -2.01. The molecule has 0 unspecified atom stereocenters. The standard InChI is InChI=1S/C7H7ClFN/c1-5(8)7-6(9)3-2-4-10-7/h2-5H,1H3/t5-/m0/s1. The maximum Gasteiger partial charge on any atom is 0.146 e. The van der Waals surface area contributed by atoms with Gasteiger partial charge in [-0.15, -0.1) is 11.6 Å². The highest BCUT2D eigenvalue weighted by molar-refractivity contribution is 6.20. The van der Waals surface area contributed by atoms with Crippen molar-refractivity contribution >= 4 is 11.6 Å². The summed E-state index contributed by atoms with van der Waals surface area (Å²) in [7, 11) is 0. The summed E-state index contributed by atoms with van der Waals surface area (Å²) in [4.78, 5) is 3.77. The van der Waals surface area contributed by atoms with E-state index in [-0.39, 0.29) is 11.2 Å². The van der Waals surface area contributed by atoms with Crippen LogP contribution in [0.3, 0.4) is 0 Å². The van der Waals surface area contributed by atoms with Gasteiger partial charge in [0.1, 0.15) is 5.82 Å². The number of rotatable bonds is 1. The molecule has 0 radical (unpaired) electrons. The molecule has 0 saturated heterocycles. The number of pyridine rings is 1. The Morgan fingerprint density at radius 1 is 1.70 bits per heavy atom. The Morgan fingerprint density at radius 3 is 2.80 bits per heavy atom. The minimum atomic E-state index is -0.360. The lowest BCUT2D eigenvalue weighted by atomic mass is 10.3. The average Bonchev–Trinajstić information content (AvgIpc) is 1.88. The fraction of sp³-hybridized carbons (Fsp3) is 0.286. The monoisotopic (exact) mass is 159 g/mol. The summed E-state index contributed by atoms with van der Waals surface area (Å²) in [6, 6.07) is 2.89. The summed E-state index contributed by atoms with van der Waals surface area (Å²) < 4.78 is 12.7. The van der Waals surface area contributed by atoms with Crippen LogP contribution in [-0.2, 0) is 0 Å². The van der Waals surface area contributed by atoms with Crippen molar-refractivity contribution in [2.75, 3.05) is 0 Å². The molecule has 0 aromatic carbocycles. The lowest BCUT2D eigenvalue weighted by molar-refractivity contribution is 0.599. The summed E-state index contributed by atoms with van der Waals surface area (Å²) in [6.07, 6.45) is 1.53. The van der Waals surface area contributed by atoms with E-state index in [1.165, 1.54) is 18.3 Å². The third-order valence-electron chi connectivity index (χ3n) is 1.16. The van der Waals surface area contributed by atoms with Gasteiger partial charge in [-0.1, -0.05) is 0 Å². The molecule has 0 saturated carbocycles. The van der Waals surface area contributed by atoms with Crippen LogP contribution in [0, 0.1) is 5.82 Å². The van der Waals surface area contributed by atoms with Gasteiger partial charge in [-0.25, -0.2) is 4.39 Å². The first-order valence-electron chi connectivity index (χ1n) is 2.96. The van der Waals surface area contributed by atoms with E-state index >= 15 is 0 Å². The van der Waals surface area contributed by atoms with Gasteiger partial charge in [-0.3, -0.25) is 4.98 Å². The Labute approximate surface area is 63.8 Å². The van der Waals surface area contributed by atoms with Crippen LogP contribution in [0.1, 0.15) is 18.0 Å². The first-order chi connectivity index (χ1) is 4.72. The van der Waals surface area contributed by atoms with Crippen molar-refractivity contribution in [1.29, 1.82) is 0 Å². The van der Waals surface area contributed by atoms with E-state index in [1.54, 1.807) is 6.92 Å². The summed E-state index contributed by atoms with van der Waals surface area (Å²) in [5, 5.41) is -0.360. The summed E-state index contributed by atoms with van der Waals surface area (Å²) >= 11 is 5.61. The van der Waals surface area contributed by atoms with E-state index in [2.05, 4.69) is 4.98 Å². The fourth-order valence-corrected chi connectivity index (χ4v) is 0.851. The van der Waals surface area contributed by atoms with Gasteiger partial charge >= 0.3 is 0 Å². The first-order valence-corrected chi connectivity index (χ1v) is 3.40. The maximum atomic E-state index is 12.7. The van der Waals surface area contributed by atoms with E-state index in [9.17, 15) is 4.39 Å². The number of hydrogen-bond acceptors (Lipinski definition) is 1. The smallest absolute Gasteiger partial charge is 0.146 e. The van der Waals surface area contributed by atoms with Crippen LogP contribution >= 0.6 is 11.6 Å². The average molecular weight is 160 g/mol. The number of hydrogen-bond donors (Lipinski definition) is 0. The molecular weight excluding hydrogens is 153 g/mol. The van der Waals surface area contributed by atoms with Crippen molar-refractivity contribution in [2.45, 2.75) is 12.3 Å². The maximum absolute atomic E-state index is 12.7. The van der Waals surface area contributed by atoms with Gasteiger partial charge in [-0.2, -0.15) is 0 Å². The summed E-state index contributed by atoms with van der Waals surface area (Å²) in [5.74, 6) is -0.343. The van der Waals surface area contributed by atoms with Crippen molar-refractivity contribution in [3.05, 3.63) is 29.8 Å². The molecule has 1 nitrogen and oxygen atoms in total. The lowest BCUT2D eigenvalue weighted by Crippen LogP contribution is -1.93. The van der Waals surface area contributed by atoms with Crippen LogP contribution < -0.4 is 0 Å². The SMILES string of the molecule is C[C@H](Cl)c1ncccc1F. The molecule has 0 bridgehead atoms. The van der Waals surface area contributed by atoms with Crippen LogP contribution in [0.15, 0.2) is 18.3 Å². The van der Waals surface area contributed by atoms with Crippen molar-refractivity contribution < 1.29 is 4.39 Å². The third-order valence-corrected chi connectivity index (χ3v) is 1.37. The van der Waals surface area contributed by atoms with Gasteiger partial charge in [0.25, 0.3) is 0 Å². The van der Waals surface area contributed by atoms with Gasteiger partial charge in [0.2, 0.25) is 0 Å². The molecule has 54 valence electrons. The number of halogens is 2. The second-order valence-electron chi connectivity index (χ2n) is 1.99. The van der Waals surface area contributed by atoms with E-state index in [4.69, 9.17) is 11.6 Å². The molecule has 0 aliphatic heterocycles. The molecule has 1 rings (SSSR count). The van der Waals surface area contributed by atoms with Crippen molar-refractivity contribution in [3.63, 3.8) is 0 Å². The van der Waals surface area contributed by atoms with Gasteiger partial charge < -0.3 is 0 Å². The van der Waals surface area contributed by atoms with Gasteiger partial charge in [0.15, 0.2) is 0 Å². The molecule has 0 N–H and O–H groups in total. The molecule has 0 fully saturated rings. The highest BCUT2D eigenvalue weighted by Crippen LogP contribution is 2.18. The van der Waals surface area contributed by atoms with Crippen LogP contribution in [-0.4, -0.2) is 4.98 Å². The molecular formula is C7H7ClFN. The summed E-state index contributed by atoms with van der Waals surface area (Å²) in [5.41, 5.74) is 0.309. The molecule has 1 aromatic rings. The largest absolute Gasteiger partial charge is 0.257 e. The molecule has 0 spiro atoms. The zero-order valence-electron chi connectivity index (χ0n) is 5.51. The third kappa shape index (κ3) is 1.45. The van der Waals surface area contributed by atoms with E-state index in [0.29, 0.717) is 5.69 Å². The second kappa shape index (κ2) is 2.97. The molecule has 0 aliphatic carbocycles. The minimum absolute atomic E-state index is 0.309. The molecule has 0 amide bonds. The van der Waals surface area contributed by atoms with Gasteiger partial charge in [0.05, 0.1) is 11.1 Å². The van der Waals surface area contributed by atoms with Crippen LogP contribution in [0.5, 0.6) is 0 Å². The predicted octanol–water partition coefficient (Wildman–Crippen LogP) is 2.52. The molecule has 10 heavy (non-hydrogen) atoms. The molecule has 1 atom stereocenters. The van der Waals surface area contributed by atoms with Gasteiger partial charge in [0, 0.05) is 6.20 Å². The molecule has 0 aliphatic rings. The number of aromatic nitrogens is 1.